The molecule has 1 aliphatic carbocycles. The first kappa shape index (κ1) is 19.3. The number of benzene rings is 2. The third kappa shape index (κ3) is 3.80. The van der Waals surface area contributed by atoms with E-state index < -0.39 is 0 Å². The molecule has 1 fully saturated rings. The van der Waals surface area contributed by atoms with Crippen molar-refractivity contribution in [2.45, 2.75) is 37.5 Å². The summed E-state index contributed by atoms with van der Waals surface area (Å²) in [6.07, 6.45) is 5.77. The predicted octanol–water partition coefficient (Wildman–Crippen LogP) is 6.23. The lowest BCUT2D eigenvalue weighted by atomic mass is 9.65. The Hall–Kier alpha value is -1.42. The van der Waals surface area contributed by atoms with Gasteiger partial charge in [0, 0.05) is 12.5 Å². The molecule has 0 aliphatic heterocycles. The molecular weight excluding hydrogens is 371 g/mol. The van der Waals surface area contributed by atoms with Gasteiger partial charge in [0.2, 0.25) is 0 Å². The van der Waals surface area contributed by atoms with Crippen molar-refractivity contribution in [3.8, 4) is 11.5 Å². The fourth-order valence-electron chi connectivity index (χ4n) is 3.90. The summed E-state index contributed by atoms with van der Waals surface area (Å²) < 4.78 is 15.8. The van der Waals surface area contributed by atoms with E-state index >= 15 is 0 Å². The first-order valence-electron chi connectivity index (χ1n) is 8.86. The average molecular weight is 395 g/mol. The molecule has 2 aromatic carbocycles. The van der Waals surface area contributed by atoms with Crippen molar-refractivity contribution in [1.29, 1.82) is 0 Å². The summed E-state index contributed by atoms with van der Waals surface area (Å²) in [6, 6.07) is 12.2. The van der Waals surface area contributed by atoms with Crippen LogP contribution >= 0.6 is 23.2 Å². The van der Waals surface area contributed by atoms with Gasteiger partial charge in [-0.3, -0.25) is 0 Å². The van der Waals surface area contributed by atoms with Gasteiger partial charge >= 0.3 is 0 Å². The lowest BCUT2D eigenvalue weighted by Gasteiger charge is -2.39. The molecule has 0 atom stereocenters. The van der Waals surface area contributed by atoms with Gasteiger partial charge in [0.25, 0.3) is 0 Å². The van der Waals surface area contributed by atoms with Gasteiger partial charge < -0.3 is 14.2 Å². The first-order chi connectivity index (χ1) is 12.6. The fraction of sp³-hybridized carbons (Fsp3) is 0.429. The van der Waals surface area contributed by atoms with Crippen LogP contribution in [0.4, 0.5) is 0 Å². The van der Waals surface area contributed by atoms with Crippen molar-refractivity contribution >= 4 is 23.2 Å². The van der Waals surface area contributed by atoms with Gasteiger partial charge in [-0.1, -0.05) is 54.6 Å². The molecule has 0 unspecified atom stereocenters. The number of rotatable bonds is 6. The Morgan fingerprint density at radius 3 is 1.92 bits per heavy atom. The van der Waals surface area contributed by atoms with Crippen molar-refractivity contribution < 1.29 is 14.2 Å². The summed E-state index contributed by atoms with van der Waals surface area (Å²) in [5.74, 6) is 1.33. The Morgan fingerprint density at radius 2 is 1.42 bits per heavy atom. The second-order valence-electron chi connectivity index (χ2n) is 6.69. The summed E-state index contributed by atoms with van der Waals surface area (Å²) in [6.45, 7) is 0.179. The number of halogens is 2. The van der Waals surface area contributed by atoms with E-state index in [9.17, 15) is 0 Å². The van der Waals surface area contributed by atoms with Crippen LogP contribution in [0.5, 0.6) is 11.5 Å². The summed E-state index contributed by atoms with van der Waals surface area (Å²) in [4.78, 5) is 0. The maximum absolute atomic E-state index is 6.49. The molecule has 0 heterocycles. The van der Waals surface area contributed by atoms with Crippen LogP contribution in [0.15, 0.2) is 36.4 Å². The number of hydrogen-bond acceptors (Lipinski definition) is 3. The number of hydrogen-bond donors (Lipinski definition) is 0. The zero-order valence-corrected chi connectivity index (χ0v) is 16.7. The molecule has 0 amide bonds. The summed E-state index contributed by atoms with van der Waals surface area (Å²) >= 11 is 12.9. The highest BCUT2D eigenvalue weighted by atomic mass is 35.5. The Balaban J connectivity index is 2.03. The molecule has 0 saturated heterocycles. The van der Waals surface area contributed by atoms with Crippen molar-refractivity contribution in [1.82, 2.24) is 0 Å². The largest absolute Gasteiger partial charge is 0.495 e. The lowest BCUT2D eigenvalue weighted by Crippen LogP contribution is -2.30. The summed E-state index contributed by atoms with van der Waals surface area (Å²) in [5.41, 5.74) is 2.33. The minimum atomic E-state index is -0.0857. The predicted molar refractivity (Wildman–Crippen MR) is 106 cm³/mol. The third-order valence-electron chi connectivity index (χ3n) is 5.23. The van der Waals surface area contributed by atoms with Gasteiger partial charge in [-0.05, 0) is 48.2 Å². The van der Waals surface area contributed by atoms with E-state index in [1.165, 1.54) is 30.4 Å². The van der Waals surface area contributed by atoms with Gasteiger partial charge in [0.05, 0.1) is 17.2 Å². The highest BCUT2D eigenvalue weighted by molar-refractivity contribution is 6.32. The van der Waals surface area contributed by atoms with E-state index in [0.717, 1.165) is 12.8 Å². The Morgan fingerprint density at radius 1 is 0.846 bits per heavy atom. The minimum Gasteiger partial charge on any atom is -0.495 e. The van der Waals surface area contributed by atoms with Crippen LogP contribution in [0.2, 0.25) is 10.0 Å². The van der Waals surface area contributed by atoms with Gasteiger partial charge in [-0.15, -0.1) is 0 Å². The van der Waals surface area contributed by atoms with Crippen LogP contribution in [0.25, 0.3) is 0 Å². The monoisotopic (exact) mass is 394 g/mol. The van der Waals surface area contributed by atoms with Gasteiger partial charge in [0.1, 0.15) is 11.5 Å². The molecule has 3 nitrogen and oxygen atoms in total. The molecule has 1 saturated carbocycles. The van der Waals surface area contributed by atoms with E-state index in [2.05, 4.69) is 12.1 Å². The molecule has 0 N–H and O–H groups in total. The Kier molecular flexibility index (Phi) is 6.33. The Bertz CT molecular complexity index is 755. The second kappa shape index (κ2) is 8.51. The number of methoxy groups -OCH3 is 2. The van der Waals surface area contributed by atoms with Crippen molar-refractivity contribution in [2.24, 2.45) is 0 Å². The maximum Gasteiger partial charge on any atom is 0.188 e. The van der Waals surface area contributed by atoms with Crippen LogP contribution in [-0.2, 0) is 10.2 Å². The summed E-state index contributed by atoms with van der Waals surface area (Å²) in [5, 5.41) is 1.24. The molecule has 0 bridgehead atoms. The normalized spacial score (nSPS) is 16.3. The second-order valence-corrected chi connectivity index (χ2v) is 7.50. The van der Waals surface area contributed by atoms with Crippen LogP contribution in [0, 0.1) is 0 Å². The van der Waals surface area contributed by atoms with E-state index in [1.807, 2.05) is 24.3 Å². The molecule has 26 heavy (non-hydrogen) atoms. The van der Waals surface area contributed by atoms with Gasteiger partial charge in [-0.2, -0.15) is 0 Å². The zero-order valence-electron chi connectivity index (χ0n) is 15.2. The molecule has 2 aromatic rings. The van der Waals surface area contributed by atoms with E-state index in [-0.39, 0.29) is 12.2 Å². The molecule has 5 heteroatoms. The summed E-state index contributed by atoms with van der Waals surface area (Å²) in [7, 11) is 3.22. The molecule has 0 aromatic heterocycles. The first-order valence-corrected chi connectivity index (χ1v) is 9.62. The van der Waals surface area contributed by atoms with Gasteiger partial charge in [-0.25, -0.2) is 0 Å². The van der Waals surface area contributed by atoms with Crippen molar-refractivity contribution in [3.63, 3.8) is 0 Å². The zero-order chi connectivity index (χ0) is 18.6. The highest BCUT2D eigenvalue weighted by Crippen LogP contribution is 2.47. The number of ether oxygens (including phenoxy) is 3. The molecule has 140 valence electrons. The maximum atomic E-state index is 6.49. The molecule has 1 aliphatic rings. The lowest BCUT2D eigenvalue weighted by molar-refractivity contribution is 0.0511. The van der Waals surface area contributed by atoms with E-state index in [1.54, 1.807) is 14.2 Å². The minimum absolute atomic E-state index is 0.0857. The van der Waals surface area contributed by atoms with Crippen LogP contribution in [-0.4, -0.2) is 21.0 Å². The average Bonchev–Trinajstić information content (AvgIpc) is 2.67. The van der Waals surface area contributed by atoms with Crippen LogP contribution in [0.3, 0.4) is 0 Å². The molecular formula is C21H24Cl2O3. The SMILES string of the molecule is COCOc1ccc(C2(c3ccc(OC)c(Cl)c3)CCCCC2)cc1Cl. The van der Waals surface area contributed by atoms with Crippen molar-refractivity contribution in [2.75, 3.05) is 21.0 Å². The molecule has 3 rings (SSSR count). The van der Waals surface area contributed by atoms with E-state index in [0.29, 0.717) is 21.5 Å². The highest BCUT2D eigenvalue weighted by Gasteiger charge is 2.36. The topological polar surface area (TPSA) is 27.7 Å². The molecule has 0 spiro atoms. The standard InChI is InChI=1S/C21H24Cl2O3/c1-24-14-26-20-9-7-16(13-18(20)23)21(10-4-3-5-11-21)15-6-8-19(25-2)17(22)12-15/h6-9,12-13H,3-5,10-11,14H2,1-2H3. The smallest absolute Gasteiger partial charge is 0.188 e. The van der Waals surface area contributed by atoms with E-state index in [4.69, 9.17) is 37.4 Å². The van der Waals surface area contributed by atoms with Crippen LogP contribution < -0.4 is 9.47 Å². The van der Waals surface area contributed by atoms with Gasteiger partial charge in [0.15, 0.2) is 6.79 Å². The fourth-order valence-corrected chi connectivity index (χ4v) is 4.39. The van der Waals surface area contributed by atoms with Crippen LogP contribution in [0.1, 0.15) is 43.2 Å². The molecule has 0 radical (unpaired) electrons. The van der Waals surface area contributed by atoms with Crippen molar-refractivity contribution in [3.05, 3.63) is 57.6 Å². The Labute approximate surface area is 165 Å². The quantitative estimate of drug-likeness (QED) is 0.543. The third-order valence-corrected chi connectivity index (χ3v) is 5.82.